The van der Waals surface area contributed by atoms with Crippen LogP contribution in [0.2, 0.25) is 0 Å². The van der Waals surface area contributed by atoms with Gasteiger partial charge < -0.3 is 0 Å². The molecule has 50 valence electrons. The van der Waals surface area contributed by atoms with E-state index >= 15 is 0 Å². The van der Waals surface area contributed by atoms with Crippen LogP contribution in [-0.4, -0.2) is 6.29 Å². The molecule has 1 aromatic rings. The summed E-state index contributed by atoms with van der Waals surface area (Å²) >= 11 is 1.23. The van der Waals surface area contributed by atoms with Gasteiger partial charge in [0, 0.05) is 0 Å². The quantitative estimate of drug-likeness (QED) is 0.573. The Kier molecular flexibility index (Phi) is 1.83. The van der Waals surface area contributed by atoms with Gasteiger partial charge in [0.2, 0.25) is 0 Å². The molecule has 0 unspecified atom stereocenters. The molecule has 0 radical (unpaired) electrons. The van der Waals surface area contributed by atoms with Crippen molar-refractivity contribution < 1.29 is 4.79 Å². The molecule has 0 aromatic carbocycles. The molecule has 1 heterocycles. The van der Waals surface area contributed by atoms with Gasteiger partial charge in [-0.15, -0.1) is 11.3 Å². The maximum atomic E-state index is 10.3. The lowest BCUT2D eigenvalue weighted by Crippen LogP contribution is -1.72. The molecular formula is C7H5NOS. The van der Waals surface area contributed by atoms with Crippen LogP contribution in [0.3, 0.4) is 0 Å². The second-order valence-electron chi connectivity index (χ2n) is 1.89. The van der Waals surface area contributed by atoms with E-state index in [0.29, 0.717) is 9.75 Å². The molecule has 0 saturated carbocycles. The number of hydrogen-bond donors (Lipinski definition) is 0. The number of rotatable bonds is 1. The normalized spacial score (nSPS) is 8.80. The number of carbonyl (C=O) groups is 1. The third-order valence-electron chi connectivity index (χ3n) is 1.17. The van der Waals surface area contributed by atoms with Crippen LogP contribution in [0.15, 0.2) is 6.07 Å². The lowest BCUT2D eigenvalue weighted by Gasteiger charge is -1.78. The standard InChI is InChI=1S/C7H5NOS/c1-5-2-6(3-8)10-7(5)4-9/h2,4H,1H3. The van der Waals surface area contributed by atoms with Crippen molar-refractivity contribution in [1.82, 2.24) is 0 Å². The average molecular weight is 151 g/mol. The van der Waals surface area contributed by atoms with Crippen LogP contribution in [0.5, 0.6) is 0 Å². The first-order valence-corrected chi connectivity index (χ1v) is 3.55. The summed E-state index contributed by atoms with van der Waals surface area (Å²) in [6.07, 6.45) is 0.779. The fourth-order valence-corrected chi connectivity index (χ4v) is 1.45. The zero-order valence-corrected chi connectivity index (χ0v) is 6.23. The molecule has 3 heteroatoms. The van der Waals surface area contributed by atoms with Crippen molar-refractivity contribution in [2.24, 2.45) is 0 Å². The first-order chi connectivity index (χ1) is 4.77. The molecule has 0 amide bonds. The molecule has 0 saturated heterocycles. The summed E-state index contributed by atoms with van der Waals surface area (Å²) in [5.74, 6) is 0. The Morgan fingerprint density at radius 3 is 2.80 bits per heavy atom. The van der Waals surface area contributed by atoms with Crippen molar-refractivity contribution in [2.75, 3.05) is 0 Å². The minimum absolute atomic E-state index is 0.597. The van der Waals surface area contributed by atoms with Crippen LogP contribution in [0.1, 0.15) is 20.1 Å². The Labute approximate surface area is 62.7 Å². The maximum absolute atomic E-state index is 10.3. The molecule has 0 atom stereocenters. The number of aryl methyl sites for hydroxylation is 1. The van der Waals surface area contributed by atoms with E-state index in [2.05, 4.69) is 0 Å². The third kappa shape index (κ3) is 1.07. The SMILES string of the molecule is Cc1cc(C#N)sc1C=O. The predicted molar refractivity (Wildman–Crippen MR) is 39.2 cm³/mol. The van der Waals surface area contributed by atoms with Crippen LogP contribution < -0.4 is 0 Å². The number of nitrogens with zero attached hydrogens (tertiary/aromatic N) is 1. The second kappa shape index (κ2) is 2.63. The number of hydrogen-bond acceptors (Lipinski definition) is 3. The van der Waals surface area contributed by atoms with Crippen molar-refractivity contribution in [3.8, 4) is 6.07 Å². The smallest absolute Gasteiger partial charge is 0.160 e. The Balaban J connectivity index is 3.19. The van der Waals surface area contributed by atoms with Gasteiger partial charge in [0.1, 0.15) is 10.9 Å². The van der Waals surface area contributed by atoms with E-state index in [1.165, 1.54) is 11.3 Å². The van der Waals surface area contributed by atoms with Gasteiger partial charge in [0.25, 0.3) is 0 Å². The highest BCUT2D eigenvalue weighted by Gasteiger charge is 2.01. The topological polar surface area (TPSA) is 40.9 Å². The first-order valence-electron chi connectivity index (χ1n) is 2.73. The summed E-state index contributed by atoms with van der Waals surface area (Å²) in [4.78, 5) is 11.5. The van der Waals surface area contributed by atoms with Gasteiger partial charge in [-0.1, -0.05) is 0 Å². The molecule has 1 aromatic heterocycles. The van der Waals surface area contributed by atoms with E-state index in [9.17, 15) is 4.79 Å². The van der Waals surface area contributed by atoms with Crippen LogP contribution >= 0.6 is 11.3 Å². The van der Waals surface area contributed by atoms with Crippen molar-refractivity contribution in [1.29, 1.82) is 5.26 Å². The highest BCUT2D eigenvalue weighted by atomic mass is 32.1. The highest BCUT2D eigenvalue weighted by Crippen LogP contribution is 2.18. The van der Waals surface area contributed by atoms with Crippen molar-refractivity contribution >= 4 is 17.6 Å². The number of thiophene rings is 1. The number of carbonyl (C=O) groups excluding carboxylic acids is 1. The summed E-state index contributed by atoms with van der Waals surface area (Å²) in [5.41, 5.74) is 0.886. The van der Waals surface area contributed by atoms with Gasteiger partial charge in [-0.3, -0.25) is 4.79 Å². The third-order valence-corrected chi connectivity index (χ3v) is 2.24. The monoisotopic (exact) mass is 151 g/mol. The number of nitriles is 1. The average Bonchev–Trinajstić information content (AvgIpc) is 2.30. The predicted octanol–water partition coefficient (Wildman–Crippen LogP) is 1.74. The molecule has 0 fully saturated rings. The molecule has 0 spiro atoms. The summed E-state index contributed by atoms with van der Waals surface area (Å²) in [7, 11) is 0. The van der Waals surface area contributed by atoms with E-state index in [1.807, 2.05) is 13.0 Å². The molecule has 0 aliphatic rings. The van der Waals surface area contributed by atoms with Gasteiger partial charge >= 0.3 is 0 Å². The summed E-state index contributed by atoms with van der Waals surface area (Å²) in [5, 5.41) is 8.42. The molecule has 0 aliphatic heterocycles. The highest BCUT2D eigenvalue weighted by molar-refractivity contribution is 7.14. The zero-order valence-electron chi connectivity index (χ0n) is 5.42. The Morgan fingerprint density at radius 2 is 2.50 bits per heavy atom. The summed E-state index contributed by atoms with van der Waals surface area (Å²) < 4.78 is 0. The molecule has 1 rings (SSSR count). The van der Waals surface area contributed by atoms with Crippen LogP contribution in [-0.2, 0) is 0 Å². The minimum Gasteiger partial charge on any atom is -0.297 e. The fourth-order valence-electron chi connectivity index (χ4n) is 0.668. The largest absolute Gasteiger partial charge is 0.297 e. The van der Waals surface area contributed by atoms with E-state index < -0.39 is 0 Å². The molecule has 10 heavy (non-hydrogen) atoms. The van der Waals surface area contributed by atoms with Gasteiger partial charge in [-0.05, 0) is 18.6 Å². The van der Waals surface area contributed by atoms with Crippen molar-refractivity contribution in [2.45, 2.75) is 6.92 Å². The summed E-state index contributed by atoms with van der Waals surface area (Å²) in [6.45, 7) is 1.82. The fraction of sp³-hybridized carbons (Fsp3) is 0.143. The van der Waals surface area contributed by atoms with E-state index in [4.69, 9.17) is 5.26 Å². The molecule has 2 nitrogen and oxygen atoms in total. The van der Waals surface area contributed by atoms with E-state index in [1.54, 1.807) is 6.07 Å². The van der Waals surface area contributed by atoms with Gasteiger partial charge in [-0.25, -0.2) is 0 Å². The second-order valence-corrected chi connectivity index (χ2v) is 2.97. The van der Waals surface area contributed by atoms with Crippen LogP contribution in [0, 0.1) is 18.3 Å². The van der Waals surface area contributed by atoms with Crippen LogP contribution in [0.4, 0.5) is 0 Å². The van der Waals surface area contributed by atoms with Crippen molar-refractivity contribution in [3.05, 3.63) is 21.4 Å². The molecular weight excluding hydrogens is 146 g/mol. The summed E-state index contributed by atoms with van der Waals surface area (Å²) in [6, 6.07) is 3.70. The first kappa shape index (κ1) is 6.97. The van der Waals surface area contributed by atoms with Gasteiger partial charge in [0.05, 0.1) is 4.88 Å². The lowest BCUT2D eigenvalue weighted by atomic mass is 10.3. The van der Waals surface area contributed by atoms with Crippen molar-refractivity contribution in [3.63, 3.8) is 0 Å². The Hall–Kier alpha value is -1.14. The minimum atomic E-state index is 0.597. The van der Waals surface area contributed by atoms with Crippen LogP contribution in [0.25, 0.3) is 0 Å². The Bertz CT molecular complexity index is 295. The van der Waals surface area contributed by atoms with Gasteiger partial charge in [0.15, 0.2) is 6.29 Å². The molecule has 0 aliphatic carbocycles. The van der Waals surface area contributed by atoms with Gasteiger partial charge in [-0.2, -0.15) is 5.26 Å². The lowest BCUT2D eigenvalue weighted by molar-refractivity contribution is 0.112. The van der Waals surface area contributed by atoms with E-state index in [0.717, 1.165) is 11.8 Å². The molecule has 0 bridgehead atoms. The zero-order chi connectivity index (χ0) is 7.56. The Morgan fingerprint density at radius 1 is 1.80 bits per heavy atom. The maximum Gasteiger partial charge on any atom is 0.160 e. The van der Waals surface area contributed by atoms with E-state index in [-0.39, 0.29) is 0 Å². The molecule has 0 N–H and O–H groups in total. The number of aldehydes is 1.